The molecule has 1 rings (SSSR count). The van der Waals surface area contributed by atoms with Crippen LogP contribution in [0.2, 0.25) is 5.02 Å². The van der Waals surface area contributed by atoms with Gasteiger partial charge in [0.1, 0.15) is 0 Å². The summed E-state index contributed by atoms with van der Waals surface area (Å²) in [6.07, 6.45) is 0. The summed E-state index contributed by atoms with van der Waals surface area (Å²) in [6.45, 7) is 5.70. The van der Waals surface area contributed by atoms with E-state index in [1.54, 1.807) is 0 Å². The molecule has 0 radical (unpaired) electrons. The maximum Gasteiger partial charge on any atom is 0.0506 e. The van der Waals surface area contributed by atoms with Crippen LogP contribution in [-0.2, 0) is 0 Å². The molecule has 1 aromatic carbocycles. The molecular weight excluding hydrogens is 170 g/mol. The monoisotopic (exact) mass is 181 g/mol. The van der Waals surface area contributed by atoms with E-state index in [0.29, 0.717) is 5.02 Å². The van der Waals surface area contributed by atoms with Gasteiger partial charge in [-0.2, -0.15) is 0 Å². The van der Waals surface area contributed by atoms with Crippen LogP contribution in [0.1, 0.15) is 18.5 Å². The van der Waals surface area contributed by atoms with Crippen molar-refractivity contribution in [3.63, 3.8) is 0 Å². The van der Waals surface area contributed by atoms with Gasteiger partial charge in [-0.15, -0.1) is 0 Å². The first-order valence-electron chi connectivity index (χ1n) is 3.77. The molecule has 0 aromatic heterocycles. The van der Waals surface area contributed by atoms with Gasteiger partial charge in [-0.1, -0.05) is 35.9 Å². The molecule has 0 bridgehead atoms. The molecule has 0 aliphatic carbocycles. The fourth-order valence-corrected chi connectivity index (χ4v) is 1.18. The van der Waals surface area contributed by atoms with Gasteiger partial charge in [0.2, 0.25) is 0 Å². The molecule has 0 amide bonds. The van der Waals surface area contributed by atoms with E-state index in [1.165, 1.54) is 0 Å². The van der Waals surface area contributed by atoms with Crippen molar-refractivity contribution in [2.45, 2.75) is 13.0 Å². The molecule has 2 N–H and O–H groups in total. The standard InChI is InChI=1S/C10H12ClN/c1-7(2)10(12)8-4-3-5-9(11)6-8/h3-6,10H,1,12H2,2H3. The summed E-state index contributed by atoms with van der Waals surface area (Å²) in [5.74, 6) is 0. The van der Waals surface area contributed by atoms with E-state index in [4.69, 9.17) is 17.3 Å². The molecule has 0 saturated carbocycles. The van der Waals surface area contributed by atoms with Gasteiger partial charge in [0, 0.05) is 5.02 Å². The average molecular weight is 182 g/mol. The zero-order valence-electron chi connectivity index (χ0n) is 7.05. The first-order chi connectivity index (χ1) is 5.61. The van der Waals surface area contributed by atoms with E-state index in [2.05, 4.69) is 6.58 Å². The van der Waals surface area contributed by atoms with Crippen molar-refractivity contribution in [2.24, 2.45) is 5.73 Å². The Morgan fingerprint density at radius 1 is 1.58 bits per heavy atom. The Labute approximate surface area is 77.8 Å². The first kappa shape index (κ1) is 9.30. The van der Waals surface area contributed by atoms with Crippen molar-refractivity contribution in [1.82, 2.24) is 0 Å². The van der Waals surface area contributed by atoms with Gasteiger partial charge in [0.15, 0.2) is 0 Å². The molecule has 1 unspecified atom stereocenters. The second-order valence-electron chi connectivity index (χ2n) is 2.88. The van der Waals surface area contributed by atoms with Gasteiger partial charge in [-0.05, 0) is 24.6 Å². The highest BCUT2D eigenvalue weighted by molar-refractivity contribution is 6.30. The third-order valence-corrected chi connectivity index (χ3v) is 1.97. The highest BCUT2D eigenvalue weighted by atomic mass is 35.5. The van der Waals surface area contributed by atoms with Crippen molar-refractivity contribution in [1.29, 1.82) is 0 Å². The van der Waals surface area contributed by atoms with Gasteiger partial charge >= 0.3 is 0 Å². The predicted molar refractivity (Wildman–Crippen MR) is 53.2 cm³/mol. The smallest absolute Gasteiger partial charge is 0.0506 e. The Balaban J connectivity index is 2.95. The normalized spacial score (nSPS) is 12.6. The Morgan fingerprint density at radius 2 is 2.25 bits per heavy atom. The average Bonchev–Trinajstić information content (AvgIpc) is 2.03. The van der Waals surface area contributed by atoms with Crippen LogP contribution < -0.4 is 5.73 Å². The van der Waals surface area contributed by atoms with E-state index in [9.17, 15) is 0 Å². The minimum atomic E-state index is -0.108. The van der Waals surface area contributed by atoms with Crippen molar-refractivity contribution < 1.29 is 0 Å². The lowest BCUT2D eigenvalue weighted by atomic mass is 10.0. The van der Waals surface area contributed by atoms with Crippen LogP contribution in [0.4, 0.5) is 0 Å². The number of hydrogen-bond acceptors (Lipinski definition) is 1. The number of benzene rings is 1. The third kappa shape index (κ3) is 2.10. The number of rotatable bonds is 2. The Bertz CT molecular complexity index is 294. The molecule has 2 heteroatoms. The maximum atomic E-state index is 5.85. The van der Waals surface area contributed by atoms with E-state index in [-0.39, 0.29) is 6.04 Å². The van der Waals surface area contributed by atoms with Gasteiger partial charge in [-0.3, -0.25) is 0 Å². The molecule has 1 nitrogen and oxygen atoms in total. The summed E-state index contributed by atoms with van der Waals surface area (Å²) in [7, 11) is 0. The molecule has 0 aliphatic heterocycles. The maximum absolute atomic E-state index is 5.85. The second kappa shape index (κ2) is 3.74. The molecule has 64 valence electrons. The first-order valence-corrected chi connectivity index (χ1v) is 4.15. The summed E-state index contributed by atoms with van der Waals surface area (Å²) < 4.78 is 0. The van der Waals surface area contributed by atoms with Crippen LogP contribution in [0.5, 0.6) is 0 Å². The summed E-state index contributed by atoms with van der Waals surface area (Å²) in [4.78, 5) is 0. The molecule has 12 heavy (non-hydrogen) atoms. The van der Waals surface area contributed by atoms with Crippen LogP contribution >= 0.6 is 11.6 Å². The van der Waals surface area contributed by atoms with Gasteiger partial charge in [0.05, 0.1) is 6.04 Å². The van der Waals surface area contributed by atoms with Crippen LogP contribution in [0.3, 0.4) is 0 Å². The van der Waals surface area contributed by atoms with E-state index in [1.807, 2.05) is 31.2 Å². The topological polar surface area (TPSA) is 26.0 Å². The van der Waals surface area contributed by atoms with Crippen molar-refractivity contribution >= 4 is 11.6 Å². The summed E-state index contributed by atoms with van der Waals surface area (Å²) >= 11 is 5.81. The Kier molecular flexibility index (Phi) is 2.90. The molecule has 0 saturated heterocycles. The highest BCUT2D eigenvalue weighted by Crippen LogP contribution is 2.20. The van der Waals surface area contributed by atoms with Gasteiger partial charge < -0.3 is 5.73 Å². The zero-order valence-corrected chi connectivity index (χ0v) is 7.81. The number of halogens is 1. The summed E-state index contributed by atoms with van der Waals surface area (Å²) in [6, 6.07) is 7.42. The van der Waals surface area contributed by atoms with Crippen LogP contribution in [0, 0.1) is 0 Å². The fraction of sp³-hybridized carbons (Fsp3) is 0.200. The Morgan fingerprint density at radius 3 is 2.75 bits per heavy atom. The van der Waals surface area contributed by atoms with E-state index < -0.39 is 0 Å². The highest BCUT2D eigenvalue weighted by Gasteiger charge is 2.05. The number of hydrogen-bond donors (Lipinski definition) is 1. The van der Waals surface area contributed by atoms with Crippen LogP contribution in [-0.4, -0.2) is 0 Å². The lowest BCUT2D eigenvalue weighted by molar-refractivity contribution is 0.851. The quantitative estimate of drug-likeness (QED) is 0.698. The summed E-state index contributed by atoms with van der Waals surface area (Å²) in [5.41, 5.74) is 7.80. The lowest BCUT2D eigenvalue weighted by Gasteiger charge is -2.11. The van der Waals surface area contributed by atoms with E-state index >= 15 is 0 Å². The minimum Gasteiger partial charge on any atom is -0.321 e. The minimum absolute atomic E-state index is 0.108. The molecule has 1 atom stereocenters. The fourth-order valence-electron chi connectivity index (χ4n) is 0.985. The molecule has 1 aromatic rings. The van der Waals surface area contributed by atoms with Crippen LogP contribution in [0.15, 0.2) is 36.4 Å². The molecule has 0 fully saturated rings. The predicted octanol–water partition coefficient (Wildman–Crippen LogP) is 2.92. The summed E-state index contributed by atoms with van der Waals surface area (Å²) in [5, 5.41) is 0.712. The van der Waals surface area contributed by atoms with Crippen molar-refractivity contribution in [2.75, 3.05) is 0 Å². The van der Waals surface area contributed by atoms with Gasteiger partial charge in [-0.25, -0.2) is 0 Å². The zero-order chi connectivity index (χ0) is 9.14. The van der Waals surface area contributed by atoms with Crippen molar-refractivity contribution in [3.8, 4) is 0 Å². The SMILES string of the molecule is C=C(C)C(N)c1cccc(Cl)c1. The Hall–Kier alpha value is -0.790. The molecule has 0 aliphatic rings. The number of nitrogens with two attached hydrogens (primary N) is 1. The third-order valence-electron chi connectivity index (χ3n) is 1.74. The van der Waals surface area contributed by atoms with Gasteiger partial charge in [0.25, 0.3) is 0 Å². The lowest BCUT2D eigenvalue weighted by Crippen LogP contribution is -2.10. The molecule has 0 spiro atoms. The van der Waals surface area contributed by atoms with Crippen LogP contribution in [0.25, 0.3) is 0 Å². The molecular formula is C10H12ClN. The van der Waals surface area contributed by atoms with Crippen molar-refractivity contribution in [3.05, 3.63) is 47.0 Å². The van der Waals surface area contributed by atoms with E-state index in [0.717, 1.165) is 11.1 Å². The molecule has 0 heterocycles. The second-order valence-corrected chi connectivity index (χ2v) is 3.32. The largest absolute Gasteiger partial charge is 0.321 e.